The molecule has 0 aliphatic carbocycles. The van der Waals surface area contributed by atoms with E-state index >= 15 is 0 Å². The SMILES string of the molecule is CC(=O)N[C@@H](CC(C)C)C(=O)N[C@@H](Cc1ccccc1)C(O)(O)C(F)(F)F. The molecule has 6 nitrogen and oxygen atoms in total. The summed E-state index contributed by atoms with van der Waals surface area (Å²) in [5.74, 6) is -5.62. The fraction of sp³-hybridized carbons (Fsp3) is 0.556. The van der Waals surface area contributed by atoms with Gasteiger partial charge in [-0.2, -0.15) is 13.2 Å². The molecular weight excluding hydrogens is 365 g/mol. The lowest BCUT2D eigenvalue weighted by molar-refractivity contribution is -0.358. The second-order valence-corrected chi connectivity index (χ2v) is 6.86. The zero-order chi connectivity index (χ0) is 20.8. The van der Waals surface area contributed by atoms with Crippen molar-refractivity contribution in [2.45, 2.75) is 57.7 Å². The van der Waals surface area contributed by atoms with Crippen LogP contribution in [0.15, 0.2) is 30.3 Å². The highest BCUT2D eigenvalue weighted by atomic mass is 19.4. The maximum absolute atomic E-state index is 13.1. The van der Waals surface area contributed by atoms with Gasteiger partial charge in [0, 0.05) is 6.92 Å². The van der Waals surface area contributed by atoms with Crippen LogP contribution in [0.2, 0.25) is 0 Å². The highest BCUT2D eigenvalue weighted by Crippen LogP contribution is 2.32. The van der Waals surface area contributed by atoms with Gasteiger partial charge in [0.1, 0.15) is 6.04 Å². The van der Waals surface area contributed by atoms with Gasteiger partial charge in [-0.1, -0.05) is 44.2 Å². The summed E-state index contributed by atoms with van der Waals surface area (Å²) < 4.78 is 39.4. The van der Waals surface area contributed by atoms with Crippen molar-refractivity contribution in [2.75, 3.05) is 0 Å². The fourth-order valence-electron chi connectivity index (χ4n) is 2.56. The van der Waals surface area contributed by atoms with Crippen molar-refractivity contribution >= 4 is 11.8 Å². The minimum atomic E-state index is -5.39. The number of nitrogens with one attached hydrogen (secondary N) is 2. The van der Waals surface area contributed by atoms with Crippen LogP contribution in [-0.2, 0) is 16.0 Å². The quantitative estimate of drug-likeness (QED) is 0.506. The van der Waals surface area contributed by atoms with Crippen LogP contribution in [0.5, 0.6) is 0 Å². The molecule has 0 aromatic heterocycles. The van der Waals surface area contributed by atoms with E-state index in [9.17, 15) is 33.0 Å². The predicted octanol–water partition coefficient (Wildman–Crippen LogP) is 1.51. The van der Waals surface area contributed by atoms with Crippen molar-refractivity contribution in [3.8, 4) is 0 Å². The molecule has 0 aliphatic rings. The Labute approximate surface area is 155 Å². The van der Waals surface area contributed by atoms with Gasteiger partial charge in [0.2, 0.25) is 11.8 Å². The normalized spacial score (nSPS) is 14.6. The number of benzene rings is 1. The molecule has 152 valence electrons. The van der Waals surface area contributed by atoms with Crippen molar-refractivity contribution in [1.29, 1.82) is 0 Å². The largest absolute Gasteiger partial charge is 0.445 e. The van der Waals surface area contributed by atoms with Crippen molar-refractivity contribution in [3.05, 3.63) is 35.9 Å². The van der Waals surface area contributed by atoms with Crippen LogP contribution >= 0.6 is 0 Å². The van der Waals surface area contributed by atoms with Gasteiger partial charge in [-0.3, -0.25) is 9.59 Å². The van der Waals surface area contributed by atoms with E-state index in [-0.39, 0.29) is 12.3 Å². The van der Waals surface area contributed by atoms with Crippen molar-refractivity contribution in [2.24, 2.45) is 5.92 Å². The molecule has 2 atom stereocenters. The van der Waals surface area contributed by atoms with E-state index < -0.39 is 42.3 Å². The van der Waals surface area contributed by atoms with Gasteiger partial charge < -0.3 is 20.8 Å². The number of amides is 2. The van der Waals surface area contributed by atoms with Crippen molar-refractivity contribution < 1.29 is 33.0 Å². The molecule has 1 rings (SSSR count). The number of carbonyl (C=O) groups excluding carboxylic acids is 2. The highest BCUT2D eigenvalue weighted by molar-refractivity contribution is 5.87. The summed E-state index contributed by atoms with van der Waals surface area (Å²) >= 11 is 0. The van der Waals surface area contributed by atoms with Crippen LogP contribution in [0.4, 0.5) is 13.2 Å². The van der Waals surface area contributed by atoms with Gasteiger partial charge in [0.05, 0.1) is 6.04 Å². The minimum absolute atomic E-state index is 0.0317. The standard InChI is InChI=1S/C18H25F3N2O4/c1-11(2)9-14(22-12(3)24)16(25)23-15(17(26,27)18(19,20)21)10-13-7-5-4-6-8-13/h4-8,11,14-15,26-27H,9-10H2,1-3H3,(H,22,24)(H,23,25)/t14-,15-/m0/s1. The summed E-state index contributed by atoms with van der Waals surface area (Å²) in [6.07, 6.45) is -5.67. The first kappa shape index (κ1) is 22.9. The molecule has 1 aromatic carbocycles. The Bertz CT molecular complexity index is 633. The van der Waals surface area contributed by atoms with E-state index in [1.54, 1.807) is 32.0 Å². The third-order valence-electron chi connectivity index (χ3n) is 3.90. The Hall–Kier alpha value is -2.13. The lowest BCUT2D eigenvalue weighted by atomic mass is 9.96. The maximum Gasteiger partial charge on any atom is 0.445 e. The number of aliphatic hydroxyl groups is 2. The number of hydrogen-bond donors (Lipinski definition) is 4. The Balaban J connectivity index is 3.10. The third-order valence-corrected chi connectivity index (χ3v) is 3.90. The van der Waals surface area contributed by atoms with Crippen LogP contribution in [0, 0.1) is 5.92 Å². The van der Waals surface area contributed by atoms with Gasteiger partial charge >= 0.3 is 6.18 Å². The first-order chi connectivity index (χ1) is 12.3. The topological polar surface area (TPSA) is 98.7 Å². The molecule has 2 amide bonds. The lowest BCUT2D eigenvalue weighted by Crippen LogP contribution is -2.63. The van der Waals surface area contributed by atoms with Crippen molar-refractivity contribution in [1.82, 2.24) is 10.6 Å². The van der Waals surface area contributed by atoms with E-state index in [0.29, 0.717) is 5.56 Å². The number of halogens is 3. The van der Waals surface area contributed by atoms with E-state index in [4.69, 9.17) is 0 Å². The molecule has 0 radical (unpaired) electrons. The highest BCUT2D eigenvalue weighted by Gasteiger charge is 2.58. The minimum Gasteiger partial charge on any atom is -0.357 e. The van der Waals surface area contributed by atoms with E-state index in [0.717, 1.165) is 0 Å². The number of carbonyl (C=O) groups is 2. The molecule has 0 unspecified atom stereocenters. The zero-order valence-electron chi connectivity index (χ0n) is 15.4. The smallest absolute Gasteiger partial charge is 0.357 e. The molecule has 0 spiro atoms. The average molecular weight is 390 g/mol. The zero-order valence-corrected chi connectivity index (χ0v) is 15.4. The van der Waals surface area contributed by atoms with Crippen LogP contribution in [0.1, 0.15) is 32.8 Å². The molecule has 1 aromatic rings. The Morgan fingerprint density at radius 3 is 2.07 bits per heavy atom. The first-order valence-electron chi connectivity index (χ1n) is 8.47. The van der Waals surface area contributed by atoms with Crippen LogP contribution in [-0.4, -0.2) is 46.1 Å². The van der Waals surface area contributed by atoms with Gasteiger partial charge in [-0.05, 0) is 24.3 Å². The molecule has 0 heterocycles. The summed E-state index contributed by atoms with van der Waals surface area (Å²) in [5, 5.41) is 23.8. The van der Waals surface area contributed by atoms with E-state index in [1.807, 2.05) is 5.32 Å². The maximum atomic E-state index is 13.1. The molecule has 0 fully saturated rings. The predicted molar refractivity (Wildman–Crippen MR) is 92.4 cm³/mol. The molecule has 4 N–H and O–H groups in total. The second kappa shape index (κ2) is 9.18. The lowest BCUT2D eigenvalue weighted by Gasteiger charge is -2.34. The average Bonchev–Trinajstić information content (AvgIpc) is 2.52. The molecule has 0 aliphatic heterocycles. The summed E-state index contributed by atoms with van der Waals surface area (Å²) in [6, 6.07) is 4.67. The molecule has 9 heteroatoms. The van der Waals surface area contributed by atoms with Crippen molar-refractivity contribution in [3.63, 3.8) is 0 Å². The Morgan fingerprint density at radius 2 is 1.63 bits per heavy atom. The molecular formula is C18H25F3N2O4. The fourth-order valence-corrected chi connectivity index (χ4v) is 2.56. The number of alkyl halides is 3. The number of hydrogen-bond acceptors (Lipinski definition) is 4. The summed E-state index contributed by atoms with van der Waals surface area (Å²) in [6.45, 7) is 4.74. The monoisotopic (exact) mass is 390 g/mol. The van der Waals surface area contributed by atoms with Crippen LogP contribution in [0.25, 0.3) is 0 Å². The first-order valence-corrected chi connectivity index (χ1v) is 8.47. The van der Waals surface area contributed by atoms with Gasteiger partial charge in [-0.15, -0.1) is 0 Å². The van der Waals surface area contributed by atoms with E-state index in [2.05, 4.69) is 5.32 Å². The van der Waals surface area contributed by atoms with E-state index in [1.165, 1.54) is 19.1 Å². The summed E-state index contributed by atoms with van der Waals surface area (Å²) in [5.41, 5.74) is 0.375. The third kappa shape index (κ3) is 6.84. The molecule has 0 saturated heterocycles. The molecule has 0 saturated carbocycles. The summed E-state index contributed by atoms with van der Waals surface area (Å²) in [4.78, 5) is 23.8. The number of rotatable bonds is 8. The van der Waals surface area contributed by atoms with Gasteiger partial charge in [-0.25, -0.2) is 0 Å². The second-order valence-electron chi connectivity index (χ2n) is 6.86. The Kier molecular flexibility index (Phi) is 7.79. The Morgan fingerprint density at radius 1 is 1.07 bits per heavy atom. The van der Waals surface area contributed by atoms with Gasteiger partial charge in [0.15, 0.2) is 0 Å². The van der Waals surface area contributed by atoms with Gasteiger partial charge in [0.25, 0.3) is 5.79 Å². The van der Waals surface area contributed by atoms with Crippen LogP contribution in [0.3, 0.4) is 0 Å². The molecule has 0 bridgehead atoms. The summed E-state index contributed by atoms with van der Waals surface area (Å²) in [7, 11) is 0. The van der Waals surface area contributed by atoms with Crippen LogP contribution < -0.4 is 10.6 Å². The molecule has 27 heavy (non-hydrogen) atoms.